The summed E-state index contributed by atoms with van der Waals surface area (Å²) >= 11 is 0. The molecule has 8 nitrogen and oxygen atoms in total. The highest BCUT2D eigenvalue weighted by Crippen LogP contribution is 2.49. The van der Waals surface area contributed by atoms with Gasteiger partial charge in [0.15, 0.2) is 0 Å². The van der Waals surface area contributed by atoms with E-state index in [9.17, 15) is 19.5 Å². The highest BCUT2D eigenvalue weighted by Gasteiger charge is 2.58. The highest BCUT2D eigenvalue weighted by atomic mass is 16.3. The number of aliphatic hydroxyl groups excluding tert-OH is 1. The van der Waals surface area contributed by atoms with Gasteiger partial charge in [0.25, 0.3) is 11.5 Å². The van der Waals surface area contributed by atoms with Gasteiger partial charge in [-0.15, -0.1) is 0 Å². The maximum atomic E-state index is 13.7. The molecule has 162 valence electrons. The van der Waals surface area contributed by atoms with Crippen molar-refractivity contribution in [3.8, 4) is 0 Å². The number of hydrogen-bond donors (Lipinski definition) is 1. The topological polar surface area (TPSA) is 95.7 Å². The lowest BCUT2D eigenvalue weighted by atomic mass is 9.85. The average molecular weight is 422 g/mol. The highest BCUT2D eigenvalue weighted by molar-refractivity contribution is 5.94. The number of aliphatic hydroxyl groups is 1. The summed E-state index contributed by atoms with van der Waals surface area (Å²) in [6.07, 6.45) is 4.59. The van der Waals surface area contributed by atoms with Gasteiger partial charge in [0.2, 0.25) is 5.91 Å². The van der Waals surface area contributed by atoms with Crippen LogP contribution in [0.2, 0.25) is 0 Å². The Morgan fingerprint density at radius 2 is 1.87 bits per heavy atom. The number of piperidine rings is 1. The molecule has 0 aliphatic carbocycles. The zero-order chi connectivity index (χ0) is 21.5. The fraction of sp³-hybridized carbons (Fsp3) is 0.478. The van der Waals surface area contributed by atoms with Crippen LogP contribution in [0.5, 0.6) is 0 Å². The van der Waals surface area contributed by atoms with E-state index >= 15 is 0 Å². The number of carbonyl (C=O) groups is 2. The predicted octanol–water partition coefficient (Wildman–Crippen LogP) is 1.06. The van der Waals surface area contributed by atoms with Crippen LogP contribution < -0.4 is 5.56 Å². The summed E-state index contributed by atoms with van der Waals surface area (Å²) in [5.74, 6) is -1.33. The largest absolute Gasteiger partial charge is 0.396 e. The minimum Gasteiger partial charge on any atom is -0.396 e. The van der Waals surface area contributed by atoms with E-state index in [-0.39, 0.29) is 30.5 Å². The van der Waals surface area contributed by atoms with Crippen molar-refractivity contribution < 1.29 is 14.7 Å². The van der Waals surface area contributed by atoms with E-state index < -0.39 is 23.9 Å². The lowest BCUT2D eigenvalue weighted by Gasteiger charge is -2.38. The molecule has 5 rings (SSSR count). The predicted molar refractivity (Wildman–Crippen MR) is 112 cm³/mol. The Hall–Kier alpha value is -3.00. The van der Waals surface area contributed by atoms with E-state index in [0.717, 1.165) is 19.3 Å². The van der Waals surface area contributed by atoms with E-state index in [0.29, 0.717) is 24.5 Å². The van der Waals surface area contributed by atoms with E-state index in [4.69, 9.17) is 0 Å². The van der Waals surface area contributed by atoms with Crippen molar-refractivity contribution in [2.75, 3.05) is 19.7 Å². The van der Waals surface area contributed by atoms with E-state index in [1.165, 1.54) is 6.07 Å². The molecule has 0 radical (unpaired) electrons. The minimum absolute atomic E-state index is 0.0326. The van der Waals surface area contributed by atoms with Gasteiger partial charge in [0, 0.05) is 50.1 Å². The summed E-state index contributed by atoms with van der Waals surface area (Å²) in [7, 11) is 0. The molecule has 3 aliphatic heterocycles. The van der Waals surface area contributed by atoms with Crippen molar-refractivity contribution in [3.63, 3.8) is 0 Å². The van der Waals surface area contributed by atoms with Gasteiger partial charge in [-0.2, -0.15) is 0 Å². The van der Waals surface area contributed by atoms with Crippen LogP contribution in [-0.2, 0) is 11.3 Å². The second-order valence-electron chi connectivity index (χ2n) is 8.60. The van der Waals surface area contributed by atoms with Crippen molar-refractivity contribution in [3.05, 3.63) is 64.3 Å². The van der Waals surface area contributed by atoms with Gasteiger partial charge in [0.1, 0.15) is 5.69 Å². The molecule has 0 spiro atoms. The third kappa shape index (κ3) is 3.17. The number of rotatable bonds is 3. The van der Waals surface area contributed by atoms with Gasteiger partial charge >= 0.3 is 0 Å². The van der Waals surface area contributed by atoms with Gasteiger partial charge < -0.3 is 19.5 Å². The Balaban J connectivity index is 1.62. The second-order valence-corrected chi connectivity index (χ2v) is 8.60. The van der Waals surface area contributed by atoms with Crippen LogP contribution in [0.1, 0.15) is 41.5 Å². The summed E-state index contributed by atoms with van der Waals surface area (Å²) in [5, 5.41) is 10.3. The zero-order valence-corrected chi connectivity index (χ0v) is 17.3. The molecular formula is C23H26N4O4. The van der Waals surface area contributed by atoms with Crippen molar-refractivity contribution in [2.24, 2.45) is 11.8 Å². The SMILES string of the molecule is O=C([C@@H]1[C@@H](CO)[C@@H]2Cn3c(cccc3=O)[C@H]1N2C(=O)c1ccccn1)N1CCCCC1. The Labute approximate surface area is 180 Å². The number of carbonyl (C=O) groups excluding carboxylic acids is 2. The summed E-state index contributed by atoms with van der Waals surface area (Å²) < 4.78 is 1.66. The molecule has 2 fully saturated rings. The molecule has 2 aromatic rings. The van der Waals surface area contributed by atoms with Crippen LogP contribution in [0.4, 0.5) is 0 Å². The molecule has 1 N–H and O–H groups in total. The first-order chi connectivity index (χ1) is 15.1. The summed E-state index contributed by atoms with van der Waals surface area (Å²) in [5.41, 5.74) is 0.798. The van der Waals surface area contributed by atoms with Crippen molar-refractivity contribution in [1.82, 2.24) is 19.4 Å². The monoisotopic (exact) mass is 422 g/mol. The Kier molecular flexibility index (Phi) is 5.09. The molecule has 3 aliphatic rings. The Morgan fingerprint density at radius 1 is 1.06 bits per heavy atom. The molecule has 31 heavy (non-hydrogen) atoms. The molecule has 4 atom stereocenters. The van der Waals surface area contributed by atoms with Crippen LogP contribution in [0.15, 0.2) is 47.4 Å². The van der Waals surface area contributed by atoms with E-state index in [1.54, 1.807) is 39.9 Å². The van der Waals surface area contributed by atoms with Crippen molar-refractivity contribution in [2.45, 2.75) is 37.9 Å². The van der Waals surface area contributed by atoms with Crippen LogP contribution in [0.25, 0.3) is 0 Å². The Morgan fingerprint density at radius 3 is 2.58 bits per heavy atom. The Bertz CT molecular complexity index is 1050. The number of pyridine rings is 2. The molecule has 2 saturated heterocycles. The number of aromatic nitrogens is 2. The molecule has 2 aromatic heterocycles. The van der Waals surface area contributed by atoms with E-state index in [1.807, 2.05) is 11.0 Å². The first-order valence-corrected chi connectivity index (χ1v) is 10.9. The number of likely N-dealkylation sites (tertiary alicyclic amines) is 1. The minimum atomic E-state index is -0.603. The molecule has 2 amide bonds. The maximum Gasteiger partial charge on any atom is 0.273 e. The smallest absolute Gasteiger partial charge is 0.273 e. The maximum absolute atomic E-state index is 13.7. The third-order valence-electron chi connectivity index (χ3n) is 6.99. The van der Waals surface area contributed by atoms with E-state index in [2.05, 4.69) is 4.98 Å². The molecule has 0 unspecified atom stereocenters. The molecule has 0 saturated carbocycles. The number of hydrogen-bond acceptors (Lipinski definition) is 5. The molecule has 2 bridgehead atoms. The zero-order valence-electron chi connectivity index (χ0n) is 17.3. The van der Waals surface area contributed by atoms with Crippen LogP contribution in [0.3, 0.4) is 0 Å². The fourth-order valence-corrected chi connectivity index (χ4v) is 5.56. The first-order valence-electron chi connectivity index (χ1n) is 10.9. The fourth-order valence-electron chi connectivity index (χ4n) is 5.56. The van der Waals surface area contributed by atoms with Gasteiger partial charge in [-0.05, 0) is 37.5 Å². The first kappa shape index (κ1) is 19.9. The lowest BCUT2D eigenvalue weighted by molar-refractivity contribution is -0.139. The summed E-state index contributed by atoms with van der Waals surface area (Å²) in [4.78, 5) is 47.6. The van der Waals surface area contributed by atoms with Crippen molar-refractivity contribution in [1.29, 1.82) is 0 Å². The van der Waals surface area contributed by atoms with Gasteiger partial charge in [0.05, 0.1) is 18.0 Å². The van der Waals surface area contributed by atoms with Crippen LogP contribution >= 0.6 is 0 Å². The normalized spacial score (nSPS) is 27.1. The lowest BCUT2D eigenvalue weighted by Crippen LogP contribution is -2.49. The van der Waals surface area contributed by atoms with Gasteiger partial charge in [-0.3, -0.25) is 19.4 Å². The molecule has 5 heterocycles. The van der Waals surface area contributed by atoms with Crippen LogP contribution in [-0.4, -0.2) is 62.0 Å². The number of nitrogens with zero attached hydrogens (tertiary/aromatic N) is 4. The number of amides is 2. The van der Waals surface area contributed by atoms with Crippen LogP contribution in [0, 0.1) is 11.8 Å². The molecular weight excluding hydrogens is 396 g/mol. The summed E-state index contributed by atoms with van der Waals surface area (Å²) in [6, 6.07) is 9.09. The van der Waals surface area contributed by atoms with Gasteiger partial charge in [-0.1, -0.05) is 12.1 Å². The third-order valence-corrected chi connectivity index (χ3v) is 6.99. The quantitative estimate of drug-likeness (QED) is 0.798. The second kappa shape index (κ2) is 7.92. The molecule has 0 aromatic carbocycles. The van der Waals surface area contributed by atoms with Crippen molar-refractivity contribution >= 4 is 11.8 Å². The standard InChI is InChI=1S/C23H26N4O4/c28-14-15-18-13-26-17(8-6-9-19(26)29)21(20(15)23(31)25-11-4-1-5-12-25)27(18)22(30)16-7-2-3-10-24-16/h2-3,6-10,15,18,20-21,28H,1,4-5,11-14H2/t15-,18-,20+,21+/m0/s1. The summed E-state index contributed by atoms with van der Waals surface area (Å²) in [6.45, 7) is 1.43. The number of fused-ring (bicyclic) bond motifs is 4. The molecule has 8 heteroatoms. The van der Waals surface area contributed by atoms with Gasteiger partial charge in [-0.25, -0.2) is 0 Å². The average Bonchev–Trinajstić information content (AvgIpc) is 3.06.